The van der Waals surface area contributed by atoms with Gasteiger partial charge in [-0.2, -0.15) is 11.8 Å². The molecule has 2 rings (SSSR count). The number of hydrogen-bond acceptors (Lipinski definition) is 4. The van der Waals surface area contributed by atoms with E-state index in [0.29, 0.717) is 12.1 Å². The summed E-state index contributed by atoms with van der Waals surface area (Å²) < 4.78 is 2.30. The zero-order chi connectivity index (χ0) is 13.5. The van der Waals surface area contributed by atoms with Gasteiger partial charge in [-0.1, -0.05) is 26.2 Å². The van der Waals surface area contributed by atoms with Gasteiger partial charge in [0.15, 0.2) is 0 Å². The maximum Gasteiger partial charge on any atom is 0.147 e. The second kappa shape index (κ2) is 7.90. The normalized spacial score (nSPS) is 18.6. The van der Waals surface area contributed by atoms with Crippen LogP contribution in [0.5, 0.6) is 0 Å². The Morgan fingerprint density at radius 2 is 2.21 bits per heavy atom. The molecule has 0 aromatic carbocycles. The molecule has 1 aliphatic rings. The van der Waals surface area contributed by atoms with Crippen molar-refractivity contribution >= 4 is 11.8 Å². The average Bonchev–Trinajstić information content (AvgIpc) is 2.92. The highest BCUT2D eigenvalue weighted by molar-refractivity contribution is 7.99. The van der Waals surface area contributed by atoms with Gasteiger partial charge in [-0.3, -0.25) is 0 Å². The summed E-state index contributed by atoms with van der Waals surface area (Å²) in [6, 6.07) is 1.15. The van der Waals surface area contributed by atoms with Gasteiger partial charge < -0.3 is 9.88 Å². The SMILES string of the molecule is CCSC[C@H](C)NCc1nncn1C1CCCCC1. The van der Waals surface area contributed by atoms with Crippen LogP contribution in [-0.2, 0) is 6.54 Å². The molecule has 4 nitrogen and oxygen atoms in total. The lowest BCUT2D eigenvalue weighted by Gasteiger charge is -2.24. The number of thioether (sulfide) groups is 1. The Kier molecular flexibility index (Phi) is 6.17. The van der Waals surface area contributed by atoms with Crippen LogP contribution in [0.25, 0.3) is 0 Å². The summed E-state index contributed by atoms with van der Waals surface area (Å²) in [4.78, 5) is 0. The topological polar surface area (TPSA) is 42.7 Å². The van der Waals surface area contributed by atoms with E-state index < -0.39 is 0 Å². The van der Waals surface area contributed by atoms with Crippen molar-refractivity contribution in [1.29, 1.82) is 0 Å². The molecule has 1 atom stereocenters. The quantitative estimate of drug-likeness (QED) is 0.835. The summed E-state index contributed by atoms with van der Waals surface area (Å²) in [5, 5.41) is 11.9. The van der Waals surface area contributed by atoms with Crippen molar-refractivity contribution in [2.75, 3.05) is 11.5 Å². The van der Waals surface area contributed by atoms with Gasteiger partial charge in [-0.25, -0.2) is 0 Å². The molecular weight excluding hydrogens is 256 g/mol. The second-order valence-corrected chi connectivity index (χ2v) is 6.71. The summed E-state index contributed by atoms with van der Waals surface area (Å²) in [7, 11) is 0. The van der Waals surface area contributed by atoms with Gasteiger partial charge in [0.1, 0.15) is 12.2 Å². The fraction of sp³-hybridized carbons (Fsp3) is 0.857. The molecule has 1 aromatic rings. The van der Waals surface area contributed by atoms with E-state index in [1.807, 2.05) is 18.1 Å². The molecule has 108 valence electrons. The summed E-state index contributed by atoms with van der Waals surface area (Å²) in [5.74, 6) is 3.44. The van der Waals surface area contributed by atoms with Crippen LogP contribution in [0, 0.1) is 0 Å². The molecule has 1 aliphatic carbocycles. The molecule has 1 saturated carbocycles. The van der Waals surface area contributed by atoms with Gasteiger partial charge in [0.05, 0.1) is 6.54 Å². The van der Waals surface area contributed by atoms with Crippen LogP contribution in [-0.4, -0.2) is 32.3 Å². The molecule has 0 aliphatic heterocycles. The Morgan fingerprint density at radius 3 is 2.95 bits per heavy atom. The van der Waals surface area contributed by atoms with E-state index in [1.165, 1.54) is 37.9 Å². The molecule has 0 saturated heterocycles. The lowest BCUT2D eigenvalue weighted by atomic mass is 9.95. The van der Waals surface area contributed by atoms with E-state index in [4.69, 9.17) is 0 Å². The van der Waals surface area contributed by atoms with Gasteiger partial charge in [-0.15, -0.1) is 10.2 Å². The van der Waals surface area contributed by atoms with E-state index in [9.17, 15) is 0 Å². The molecule has 0 amide bonds. The molecule has 1 aromatic heterocycles. The average molecular weight is 282 g/mol. The van der Waals surface area contributed by atoms with Crippen molar-refractivity contribution in [3.05, 3.63) is 12.2 Å². The largest absolute Gasteiger partial charge is 0.313 e. The molecule has 1 heterocycles. The predicted octanol–water partition coefficient (Wildman–Crippen LogP) is 3.01. The van der Waals surface area contributed by atoms with Gasteiger partial charge in [0.25, 0.3) is 0 Å². The molecule has 0 bridgehead atoms. The third kappa shape index (κ3) is 4.49. The fourth-order valence-electron chi connectivity index (χ4n) is 2.68. The van der Waals surface area contributed by atoms with Crippen molar-refractivity contribution in [2.45, 2.75) is 64.6 Å². The first-order valence-electron chi connectivity index (χ1n) is 7.50. The lowest BCUT2D eigenvalue weighted by Crippen LogP contribution is -2.29. The molecule has 1 N–H and O–H groups in total. The zero-order valence-electron chi connectivity index (χ0n) is 12.1. The lowest BCUT2D eigenvalue weighted by molar-refractivity contribution is 0.342. The first-order chi connectivity index (χ1) is 9.31. The standard InChI is InChI=1S/C14H26N4S/c1-3-19-10-12(2)15-9-14-17-16-11-18(14)13-7-5-4-6-8-13/h11-13,15H,3-10H2,1-2H3/t12-/m0/s1. The third-order valence-electron chi connectivity index (χ3n) is 3.80. The maximum absolute atomic E-state index is 4.29. The van der Waals surface area contributed by atoms with Crippen LogP contribution < -0.4 is 5.32 Å². The number of hydrogen-bond donors (Lipinski definition) is 1. The van der Waals surface area contributed by atoms with E-state index in [-0.39, 0.29) is 0 Å². The Hall–Kier alpha value is -0.550. The van der Waals surface area contributed by atoms with E-state index in [1.54, 1.807) is 0 Å². The van der Waals surface area contributed by atoms with Crippen LogP contribution in [0.3, 0.4) is 0 Å². The fourth-order valence-corrected chi connectivity index (χ4v) is 3.38. The molecule has 0 unspecified atom stereocenters. The highest BCUT2D eigenvalue weighted by atomic mass is 32.2. The van der Waals surface area contributed by atoms with Gasteiger partial charge in [-0.05, 0) is 25.5 Å². The first-order valence-corrected chi connectivity index (χ1v) is 8.66. The number of nitrogens with zero attached hydrogens (tertiary/aromatic N) is 3. The Morgan fingerprint density at radius 1 is 1.42 bits per heavy atom. The minimum absolute atomic E-state index is 0.529. The molecule has 0 radical (unpaired) electrons. The van der Waals surface area contributed by atoms with Gasteiger partial charge in [0.2, 0.25) is 0 Å². The number of aromatic nitrogens is 3. The van der Waals surface area contributed by atoms with Gasteiger partial charge >= 0.3 is 0 Å². The molecule has 19 heavy (non-hydrogen) atoms. The minimum atomic E-state index is 0.529. The van der Waals surface area contributed by atoms with Crippen LogP contribution in [0.1, 0.15) is 57.8 Å². The van der Waals surface area contributed by atoms with Crippen LogP contribution in [0.2, 0.25) is 0 Å². The van der Waals surface area contributed by atoms with E-state index in [0.717, 1.165) is 18.1 Å². The summed E-state index contributed by atoms with van der Waals surface area (Å²) in [5.41, 5.74) is 0. The summed E-state index contributed by atoms with van der Waals surface area (Å²) in [6.07, 6.45) is 8.56. The van der Waals surface area contributed by atoms with Crippen molar-refractivity contribution in [2.24, 2.45) is 0 Å². The van der Waals surface area contributed by atoms with Crippen LogP contribution in [0.15, 0.2) is 6.33 Å². The summed E-state index contributed by atoms with van der Waals surface area (Å²) >= 11 is 1.98. The second-order valence-electron chi connectivity index (χ2n) is 5.39. The molecule has 1 fully saturated rings. The van der Waals surface area contributed by atoms with Crippen LogP contribution >= 0.6 is 11.8 Å². The van der Waals surface area contributed by atoms with Crippen LogP contribution in [0.4, 0.5) is 0 Å². The van der Waals surface area contributed by atoms with Crippen molar-refractivity contribution in [3.63, 3.8) is 0 Å². The van der Waals surface area contributed by atoms with E-state index >= 15 is 0 Å². The zero-order valence-corrected chi connectivity index (χ0v) is 13.0. The molecular formula is C14H26N4S. The third-order valence-corrected chi connectivity index (χ3v) is 4.94. The Labute approximate surface area is 120 Å². The smallest absolute Gasteiger partial charge is 0.147 e. The number of rotatable bonds is 7. The molecule has 5 heteroatoms. The van der Waals surface area contributed by atoms with E-state index in [2.05, 4.69) is 33.9 Å². The maximum atomic E-state index is 4.29. The molecule has 0 spiro atoms. The van der Waals surface area contributed by atoms with Crippen molar-refractivity contribution in [1.82, 2.24) is 20.1 Å². The minimum Gasteiger partial charge on any atom is -0.313 e. The number of nitrogens with one attached hydrogen (secondary N) is 1. The first kappa shape index (κ1) is 14.9. The predicted molar refractivity (Wildman–Crippen MR) is 81.4 cm³/mol. The Balaban J connectivity index is 1.85. The Bertz CT molecular complexity index is 360. The van der Waals surface area contributed by atoms with Crippen molar-refractivity contribution in [3.8, 4) is 0 Å². The summed E-state index contributed by atoms with van der Waals surface area (Å²) in [6.45, 7) is 5.28. The van der Waals surface area contributed by atoms with Gasteiger partial charge in [0, 0.05) is 17.8 Å². The monoisotopic (exact) mass is 282 g/mol. The van der Waals surface area contributed by atoms with Crippen molar-refractivity contribution < 1.29 is 0 Å². The highest BCUT2D eigenvalue weighted by Gasteiger charge is 2.18. The highest BCUT2D eigenvalue weighted by Crippen LogP contribution is 2.28.